The van der Waals surface area contributed by atoms with Crippen LogP contribution in [0.25, 0.3) is 0 Å². The number of rotatable bonds is 6. The van der Waals surface area contributed by atoms with E-state index in [1.807, 2.05) is 6.92 Å². The molecular formula is C16H25NO6S. The largest absolute Gasteiger partial charge is 0.454 e. The summed E-state index contributed by atoms with van der Waals surface area (Å²) in [5.41, 5.74) is -2.56. The number of fused-ring (bicyclic) bond motifs is 2. The molecule has 0 heterocycles. The maximum Gasteiger partial charge on any atom is 0.326 e. The summed E-state index contributed by atoms with van der Waals surface area (Å²) in [6, 6.07) is 0. The lowest BCUT2D eigenvalue weighted by molar-refractivity contribution is -0.209. The first-order valence-electron chi connectivity index (χ1n) is 7.94. The van der Waals surface area contributed by atoms with Gasteiger partial charge in [-0.1, -0.05) is 20.4 Å². The highest BCUT2D eigenvalue weighted by molar-refractivity contribution is 7.74. The van der Waals surface area contributed by atoms with Crippen LogP contribution in [0.4, 0.5) is 0 Å². The van der Waals surface area contributed by atoms with E-state index < -0.39 is 34.4 Å². The summed E-state index contributed by atoms with van der Waals surface area (Å²) in [7, 11) is 0. The van der Waals surface area contributed by atoms with Crippen molar-refractivity contribution in [3.63, 3.8) is 0 Å². The minimum atomic E-state index is -2.48. The number of carbonyl (C=O) groups is 2. The minimum Gasteiger partial charge on any atom is -0.454 e. The first-order chi connectivity index (χ1) is 11.0. The van der Waals surface area contributed by atoms with E-state index in [-0.39, 0.29) is 23.8 Å². The molecule has 2 aliphatic rings. The summed E-state index contributed by atoms with van der Waals surface area (Å²) in [5, 5.41) is 2.38. The van der Waals surface area contributed by atoms with Gasteiger partial charge in [0.15, 0.2) is 0 Å². The zero-order valence-electron chi connectivity index (χ0n) is 14.5. The molecule has 1 amide bonds. The summed E-state index contributed by atoms with van der Waals surface area (Å²) in [6.45, 7) is 10.6. The number of carbonyl (C=O) groups excluding carboxylic acids is 2. The van der Waals surface area contributed by atoms with E-state index >= 15 is 0 Å². The summed E-state index contributed by atoms with van der Waals surface area (Å²) in [4.78, 5) is 23.5. The van der Waals surface area contributed by atoms with E-state index in [4.69, 9.17) is 8.92 Å². The molecule has 2 rings (SSSR count). The van der Waals surface area contributed by atoms with Crippen LogP contribution in [-0.4, -0.2) is 38.4 Å². The summed E-state index contributed by atoms with van der Waals surface area (Å²) in [6.07, 6.45) is 2.74. The Bertz CT molecular complexity index is 595. The average molecular weight is 359 g/mol. The normalized spacial score (nSPS) is 41.7. The third-order valence-corrected chi connectivity index (χ3v) is 6.97. The van der Waals surface area contributed by atoms with Gasteiger partial charge in [0.25, 0.3) is 0 Å². The molecule has 0 spiro atoms. The molecule has 2 fully saturated rings. The van der Waals surface area contributed by atoms with Crippen molar-refractivity contribution in [1.29, 1.82) is 0 Å². The Hall–Kier alpha value is -1.25. The monoisotopic (exact) mass is 359 g/mol. The van der Waals surface area contributed by atoms with E-state index in [1.165, 1.54) is 0 Å². The van der Waals surface area contributed by atoms with Crippen molar-refractivity contribution >= 4 is 23.2 Å². The SMILES string of the molecule is C=CC(=O)NCC(=O)OC1(C)C2(C)CCC(C2C)C1(C)OS(=O)O. The third kappa shape index (κ3) is 2.60. The van der Waals surface area contributed by atoms with Gasteiger partial charge in [0.2, 0.25) is 5.91 Å². The van der Waals surface area contributed by atoms with Crippen LogP contribution in [0.3, 0.4) is 0 Å². The zero-order chi connectivity index (χ0) is 18.3. The number of ether oxygens (including phenoxy) is 1. The zero-order valence-corrected chi connectivity index (χ0v) is 15.3. The molecular weight excluding hydrogens is 334 g/mol. The topological polar surface area (TPSA) is 102 Å². The van der Waals surface area contributed by atoms with Gasteiger partial charge in [-0.05, 0) is 44.6 Å². The van der Waals surface area contributed by atoms with Gasteiger partial charge < -0.3 is 10.1 Å². The van der Waals surface area contributed by atoms with Gasteiger partial charge in [-0.25, -0.2) is 0 Å². The standard InChI is InChI=1S/C16H25NO6S/c1-6-12(18)17-9-13(19)22-16(5)14(3)8-7-11(10(14)2)15(16,4)23-24(20)21/h6,10-11H,1,7-9H2,2-5H3,(H,17,18)(H,20,21). The molecule has 2 bridgehead atoms. The fraction of sp³-hybridized carbons (Fsp3) is 0.750. The first-order valence-corrected chi connectivity index (χ1v) is 8.97. The highest BCUT2D eigenvalue weighted by atomic mass is 32.2. The van der Waals surface area contributed by atoms with Crippen LogP contribution in [0.1, 0.15) is 40.5 Å². The maximum atomic E-state index is 12.3. The highest BCUT2D eigenvalue weighted by Gasteiger charge is 2.76. The van der Waals surface area contributed by atoms with Crippen molar-refractivity contribution in [3.8, 4) is 0 Å². The maximum absolute atomic E-state index is 12.3. The molecule has 136 valence electrons. The van der Waals surface area contributed by atoms with Crippen molar-refractivity contribution in [2.24, 2.45) is 17.3 Å². The molecule has 2 N–H and O–H groups in total. The van der Waals surface area contributed by atoms with Gasteiger partial charge in [-0.15, -0.1) is 0 Å². The van der Waals surface area contributed by atoms with Crippen LogP contribution >= 0.6 is 0 Å². The Labute approximate surface area is 144 Å². The highest BCUT2D eigenvalue weighted by Crippen LogP contribution is 2.69. The molecule has 2 saturated carbocycles. The molecule has 24 heavy (non-hydrogen) atoms. The second-order valence-corrected chi connectivity index (χ2v) is 7.79. The van der Waals surface area contributed by atoms with Crippen LogP contribution in [0.15, 0.2) is 12.7 Å². The van der Waals surface area contributed by atoms with Crippen LogP contribution in [0.5, 0.6) is 0 Å². The molecule has 6 atom stereocenters. The fourth-order valence-corrected chi connectivity index (χ4v) is 5.30. The van der Waals surface area contributed by atoms with Crippen LogP contribution in [0.2, 0.25) is 0 Å². The lowest BCUT2D eigenvalue weighted by atomic mass is 9.66. The van der Waals surface area contributed by atoms with Crippen molar-refractivity contribution in [2.45, 2.75) is 51.7 Å². The molecule has 8 heteroatoms. The number of amides is 1. The Morgan fingerprint density at radius 3 is 2.58 bits per heavy atom. The fourth-order valence-electron chi connectivity index (χ4n) is 4.73. The average Bonchev–Trinajstić information content (AvgIpc) is 2.85. The molecule has 0 aliphatic heterocycles. The number of nitrogens with one attached hydrogen (secondary N) is 1. The van der Waals surface area contributed by atoms with Gasteiger partial charge in [0.1, 0.15) is 17.7 Å². The van der Waals surface area contributed by atoms with Crippen LogP contribution < -0.4 is 5.32 Å². The van der Waals surface area contributed by atoms with E-state index in [1.54, 1.807) is 13.8 Å². The van der Waals surface area contributed by atoms with Gasteiger partial charge in [-0.3, -0.25) is 18.3 Å². The van der Waals surface area contributed by atoms with Gasteiger partial charge in [0, 0.05) is 5.41 Å². The van der Waals surface area contributed by atoms with Crippen molar-refractivity contribution < 1.29 is 27.3 Å². The van der Waals surface area contributed by atoms with Crippen molar-refractivity contribution in [2.75, 3.05) is 6.54 Å². The van der Waals surface area contributed by atoms with E-state index in [0.717, 1.165) is 18.9 Å². The molecule has 0 saturated heterocycles. The molecule has 0 radical (unpaired) electrons. The lowest BCUT2D eigenvalue weighted by Crippen LogP contribution is -2.62. The summed E-state index contributed by atoms with van der Waals surface area (Å²) >= 11 is -2.48. The van der Waals surface area contributed by atoms with E-state index in [9.17, 15) is 18.4 Å². The number of hydrogen-bond acceptors (Lipinski definition) is 5. The smallest absolute Gasteiger partial charge is 0.326 e. The lowest BCUT2D eigenvalue weighted by Gasteiger charge is -2.50. The van der Waals surface area contributed by atoms with Crippen LogP contribution in [-0.2, 0) is 29.9 Å². The third-order valence-electron chi connectivity index (χ3n) is 6.48. The van der Waals surface area contributed by atoms with Crippen LogP contribution in [0, 0.1) is 17.3 Å². The Balaban J connectivity index is 2.28. The Kier molecular flexibility index (Phi) is 4.96. The number of hydrogen-bond donors (Lipinski definition) is 2. The Morgan fingerprint density at radius 1 is 1.42 bits per heavy atom. The molecule has 6 unspecified atom stereocenters. The second-order valence-electron chi connectivity index (χ2n) is 7.19. The van der Waals surface area contributed by atoms with Gasteiger partial charge in [-0.2, -0.15) is 4.21 Å². The van der Waals surface area contributed by atoms with Crippen molar-refractivity contribution in [3.05, 3.63) is 12.7 Å². The molecule has 2 aliphatic carbocycles. The summed E-state index contributed by atoms with van der Waals surface area (Å²) < 4.78 is 31.8. The Morgan fingerprint density at radius 2 is 2.04 bits per heavy atom. The summed E-state index contributed by atoms with van der Waals surface area (Å²) in [5.74, 6) is -0.932. The second kappa shape index (κ2) is 6.24. The predicted octanol–water partition coefficient (Wildman–Crippen LogP) is 1.57. The predicted molar refractivity (Wildman–Crippen MR) is 88.0 cm³/mol. The molecule has 0 aromatic rings. The number of esters is 1. The van der Waals surface area contributed by atoms with Crippen molar-refractivity contribution in [1.82, 2.24) is 5.32 Å². The molecule has 0 aromatic heterocycles. The van der Waals surface area contributed by atoms with Gasteiger partial charge in [0.05, 0.1) is 0 Å². The minimum absolute atomic E-state index is 0.000772. The quantitative estimate of drug-likeness (QED) is 0.424. The van der Waals surface area contributed by atoms with Gasteiger partial charge >= 0.3 is 17.3 Å². The van der Waals surface area contributed by atoms with E-state index in [2.05, 4.69) is 18.8 Å². The molecule has 0 aromatic carbocycles. The first kappa shape index (κ1) is 19.1. The molecule has 7 nitrogen and oxygen atoms in total. The van der Waals surface area contributed by atoms with E-state index in [0.29, 0.717) is 0 Å².